The van der Waals surface area contributed by atoms with Gasteiger partial charge in [0.25, 0.3) is 0 Å². The summed E-state index contributed by atoms with van der Waals surface area (Å²) in [6, 6.07) is 3.33. The van der Waals surface area contributed by atoms with Gasteiger partial charge in [0.1, 0.15) is 6.10 Å². The Hall–Kier alpha value is -1.38. The number of hydrogen-bond acceptors (Lipinski definition) is 5. The smallest absolute Gasteiger partial charge is 0.305 e. The van der Waals surface area contributed by atoms with Crippen molar-refractivity contribution in [3.63, 3.8) is 0 Å². The van der Waals surface area contributed by atoms with E-state index in [4.69, 9.17) is 4.74 Å². The summed E-state index contributed by atoms with van der Waals surface area (Å²) >= 11 is 0. The van der Waals surface area contributed by atoms with Crippen LogP contribution in [0, 0.1) is 0 Å². The molecule has 0 unspecified atom stereocenters. The number of rotatable bonds is 7. The lowest BCUT2D eigenvalue weighted by atomic mass is 10.2. The van der Waals surface area contributed by atoms with Crippen LogP contribution in [0.2, 0.25) is 0 Å². The first-order valence-corrected chi connectivity index (χ1v) is 8.87. The van der Waals surface area contributed by atoms with Gasteiger partial charge in [-0.05, 0) is 18.6 Å². The van der Waals surface area contributed by atoms with Crippen LogP contribution in [0.15, 0.2) is 18.3 Å². The summed E-state index contributed by atoms with van der Waals surface area (Å²) < 4.78 is 33.7. The molecule has 1 atom stereocenters. The molecule has 7 nitrogen and oxygen atoms in total. The zero-order valence-electron chi connectivity index (χ0n) is 13.0. The third kappa shape index (κ3) is 3.50. The Kier molecular flexibility index (Phi) is 5.60. The zero-order valence-corrected chi connectivity index (χ0v) is 13.8. The Bertz CT molecular complexity index is 594. The van der Waals surface area contributed by atoms with Gasteiger partial charge in [-0.2, -0.15) is 12.7 Å². The van der Waals surface area contributed by atoms with Gasteiger partial charge in [0.05, 0.1) is 13.2 Å². The van der Waals surface area contributed by atoms with Gasteiger partial charge in [0.2, 0.25) is 0 Å². The minimum atomic E-state index is -3.69. The Labute approximate surface area is 131 Å². The van der Waals surface area contributed by atoms with Crippen LogP contribution in [-0.2, 0) is 10.2 Å². The van der Waals surface area contributed by atoms with E-state index in [-0.39, 0.29) is 19.0 Å². The van der Waals surface area contributed by atoms with Crippen LogP contribution in [0.1, 0.15) is 26.2 Å². The highest BCUT2D eigenvalue weighted by Gasteiger charge is 2.36. The Morgan fingerprint density at radius 1 is 1.50 bits per heavy atom. The van der Waals surface area contributed by atoms with Crippen LogP contribution in [0.3, 0.4) is 0 Å². The number of ether oxygens (including phenoxy) is 1. The van der Waals surface area contributed by atoms with Crippen molar-refractivity contribution in [3.8, 4) is 5.75 Å². The van der Waals surface area contributed by atoms with E-state index in [0.717, 1.165) is 19.3 Å². The second kappa shape index (κ2) is 7.26. The molecule has 22 heavy (non-hydrogen) atoms. The molecule has 0 bridgehead atoms. The van der Waals surface area contributed by atoms with Gasteiger partial charge >= 0.3 is 10.2 Å². The molecule has 0 aliphatic carbocycles. The lowest BCUT2D eigenvalue weighted by Crippen LogP contribution is -2.50. The summed E-state index contributed by atoms with van der Waals surface area (Å²) in [4.78, 5) is 4.13. The Morgan fingerprint density at radius 3 is 2.95 bits per heavy atom. The third-order valence-electron chi connectivity index (χ3n) is 3.60. The molecular weight excluding hydrogens is 306 g/mol. The van der Waals surface area contributed by atoms with Gasteiger partial charge in [-0.25, -0.2) is 9.29 Å². The molecule has 0 aromatic carbocycles. The predicted octanol–water partition coefficient (Wildman–Crippen LogP) is 1.01. The Morgan fingerprint density at radius 2 is 2.27 bits per heavy atom. The molecule has 1 N–H and O–H groups in total. The highest BCUT2D eigenvalue weighted by atomic mass is 32.2. The molecule has 2 heterocycles. The molecular formula is C14H23N3O4S. The lowest BCUT2D eigenvalue weighted by Gasteiger charge is -2.35. The minimum absolute atomic E-state index is 0.0565. The van der Waals surface area contributed by atoms with E-state index < -0.39 is 16.3 Å². The maximum absolute atomic E-state index is 12.8. The molecule has 0 amide bonds. The maximum Gasteiger partial charge on any atom is 0.305 e. The first-order valence-electron chi connectivity index (χ1n) is 7.47. The number of fused-ring (bicyclic) bond motifs is 1. The highest BCUT2D eigenvalue weighted by Crippen LogP contribution is 2.33. The molecule has 0 spiro atoms. The lowest BCUT2D eigenvalue weighted by molar-refractivity contribution is 0.115. The topological polar surface area (TPSA) is 83.0 Å². The van der Waals surface area contributed by atoms with Crippen LogP contribution < -0.4 is 9.04 Å². The van der Waals surface area contributed by atoms with Gasteiger partial charge in [-0.3, -0.25) is 0 Å². The van der Waals surface area contributed by atoms with Gasteiger partial charge in [0.15, 0.2) is 11.6 Å². The van der Waals surface area contributed by atoms with Crippen molar-refractivity contribution >= 4 is 16.0 Å². The normalized spacial score (nSPS) is 18.2. The second-order valence-electron chi connectivity index (χ2n) is 5.32. The average Bonchev–Trinajstić information content (AvgIpc) is 2.53. The molecule has 1 aliphatic rings. The van der Waals surface area contributed by atoms with Gasteiger partial charge < -0.3 is 9.84 Å². The molecule has 0 radical (unpaired) electrons. The van der Waals surface area contributed by atoms with E-state index >= 15 is 0 Å². The molecule has 1 aliphatic heterocycles. The van der Waals surface area contributed by atoms with Crippen molar-refractivity contribution in [2.24, 2.45) is 0 Å². The average molecular weight is 329 g/mol. The standard InChI is InChI=1S/C14H23N3O4S/c1-3-4-5-9-16(2)22(19,20)17-10-12(11-18)21-13-7-6-8-15-14(13)17/h6-8,12,18H,3-5,9-11H2,1-2H3/t12-/m1/s1. The number of hydrogen-bond donors (Lipinski definition) is 1. The van der Waals surface area contributed by atoms with E-state index in [9.17, 15) is 13.5 Å². The van der Waals surface area contributed by atoms with E-state index in [0.29, 0.717) is 12.3 Å². The summed E-state index contributed by atoms with van der Waals surface area (Å²) in [5.74, 6) is 0.646. The summed E-state index contributed by atoms with van der Waals surface area (Å²) in [5.41, 5.74) is 0. The summed E-state index contributed by atoms with van der Waals surface area (Å²) in [6.07, 6.45) is 3.77. The fraction of sp³-hybridized carbons (Fsp3) is 0.643. The number of anilines is 1. The predicted molar refractivity (Wildman–Crippen MR) is 84.2 cm³/mol. The third-order valence-corrected chi connectivity index (χ3v) is 5.45. The molecule has 0 saturated carbocycles. The SMILES string of the molecule is CCCCCN(C)S(=O)(=O)N1C[C@H](CO)Oc2cccnc21. The summed E-state index contributed by atoms with van der Waals surface area (Å²) in [5, 5.41) is 9.33. The fourth-order valence-electron chi connectivity index (χ4n) is 2.32. The van der Waals surface area contributed by atoms with E-state index in [2.05, 4.69) is 11.9 Å². The van der Waals surface area contributed by atoms with Gasteiger partial charge in [-0.1, -0.05) is 19.8 Å². The molecule has 2 rings (SSSR count). The molecule has 1 aromatic rings. The monoisotopic (exact) mass is 329 g/mol. The molecule has 1 aromatic heterocycles. The maximum atomic E-state index is 12.8. The first-order chi connectivity index (χ1) is 10.5. The molecule has 0 fully saturated rings. The van der Waals surface area contributed by atoms with Gasteiger partial charge in [-0.15, -0.1) is 0 Å². The van der Waals surface area contributed by atoms with Crippen LogP contribution in [-0.4, -0.2) is 55.7 Å². The molecule has 124 valence electrons. The van der Waals surface area contributed by atoms with Crippen LogP contribution in [0.25, 0.3) is 0 Å². The number of aliphatic hydroxyl groups is 1. The van der Waals surface area contributed by atoms with E-state index in [1.165, 1.54) is 14.8 Å². The second-order valence-corrected chi connectivity index (χ2v) is 7.27. The highest BCUT2D eigenvalue weighted by molar-refractivity contribution is 7.90. The number of unbranched alkanes of at least 4 members (excludes halogenated alkanes) is 2. The van der Waals surface area contributed by atoms with Crippen LogP contribution in [0.4, 0.5) is 5.82 Å². The van der Waals surface area contributed by atoms with Crippen molar-refractivity contribution in [3.05, 3.63) is 18.3 Å². The minimum Gasteiger partial charge on any atom is -0.482 e. The molecule has 8 heteroatoms. The number of nitrogens with zero attached hydrogens (tertiary/aromatic N) is 3. The Balaban J connectivity index is 2.25. The number of pyridine rings is 1. The molecule has 0 saturated heterocycles. The zero-order chi connectivity index (χ0) is 16.2. The quantitative estimate of drug-likeness (QED) is 0.755. The van der Waals surface area contributed by atoms with Crippen molar-refractivity contribution in [1.82, 2.24) is 9.29 Å². The van der Waals surface area contributed by atoms with Crippen molar-refractivity contribution in [1.29, 1.82) is 0 Å². The van der Waals surface area contributed by atoms with Crippen molar-refractivity contribution < 1.29 is 18.3 Å². The fourth-order valence-corrected chi connectivity index (χ4v) is 3.72. The largest absolute Gasteiger partial charge is 0.482 e. The number of aromatic nitrogens is 1. The summed E-state index contributed by atoms with van der Waals surface area (Å²) in [7, 11) is -2.12. The van der Waals surface area contributed by atoms with Crippen LogP contribution in [0.5, 0.6) is 5.75 Å². The van der Waals surface area contributed by atoms with Crippen molar-refractivity contribution in [2.75, 3.05) is 31.0 Å². The van der Waals surface area contributed by atoms with Crippen LogP contribution >= 0.6 is 0 Å². The van der Waals surface area contributed by atoms with Crippen molar-refractivity contribution in [2.45, 2.75) is 32.3 Å². The van der Waals surface area contributed by atoms with Gasteiger partial charge in [0, 0.05) is 19.8 Å². The number of aliphatic hydroxyl groups excluding tert-OH is 1. The van der Waals surface area contributed by atoms with E-state index in [1.54, 1.807) is 19.2 Å². The summed E-state index contributed by atoms with van der Waals surface area (Å²) in [6.45, 7) is 2.34. The van der Waals surface area contributed by atoms with E-state index in [1.807, 2.05) is 0 Å². The first kappa shape index (κ1) is 17.0.